The summed E-state index contributed by atoms with van der Waals surface area (Å²) in [5.41, 5.74) is -0.113. The fourth-order valence-corrected chi connectivity index (χ4v) is 4.69. The van der Waals surface area contributed by atoms with E-state index in [1.807, 2.05) is 0 Å². The average Bonchev–Trinajstić information content (AvgIpc) is 3.35. The Morgan fingerprint density at radius 1 is 0.824 bits per heavy atom. The first-order chi connectivity index (χ1) is 16.0. The SMILES string of the molecule is O=C(Nc1ccc(F)cc1F)c1cc(NC(=O)[C@H]2[C@H](c3ccc(Cl)c(Cl)c3)C2(Cl)Cl)ccc1F. The van der Waals surface area contributed by atoms with Crippen LogP contribution in [-0.2, 0) is 4.79 Å². The summed E-state index contributed by atoms with van der Waals surface area (Å²) in [5, 5.41) is 5.33. The second kappa shape index (κ2) is 9.30. The molecule has 0 saturated heterocycles. The highest BCUT2D eigenvalue weighted by atomic mass is 35.5. The Bertz CT molecular complexity index is 1320. The molecule has 0 aromatic heterocycles. The molecule has 1 aliphatic rings. The Labute approximate surface area is 211 Å². The maximum Gasteiger partial charge on any atom is 0.258 e. The number of alkyl halides is 2. The second-order valence-electron chi connectivity index (χ2n) is 7.57. The van der Waals surface area contributed by atoms with Gasteiger partial charge in [-0.25, -0.2) is 13.2 Å². The number of amides is 2. The van der Waals surface area contributed by atoms with Crippen molar-refractivity contribution >= 4 is 69.6 Å². The smallest absolute Gasteiger partial charge is 0.258 e. The van der Waals surface area contributed by atoms with Gasteiger partial charge in [-0.05, 0) is 48.0 Å². The lowest BCUT2D eigenvalue weighted by Gasteiger charge is -2.10. The van der Waals surface area contributed by atoms with Gasteiger partial charge in [0.25, 0.3) is 5.91 Å². The highest BCUT2D eigenvalue weighted by molar-refractivity contribution is 6.53. The van der Waals surface area contributed by atoms with Gasteiger partial charge in [-0.2, -0.15) is 0 Å². The molecule has 4 nitrogen and oxygen atoms in total. The van der Waals surface area contributed by atoms with Gasteiger partial charge < -0.3 is 10.6 Å². The molecular weight excluding hydrogens is 535 g/mol. The van der Waals surface area contributed by atoms with Crippen LogP contribution in [0.15, 0.2) is 54.6 Å². The number of hydrogen-bond donors (Lipinski definition) is 2. The molecule has 0 heterocycles. The molecule has 0 aliphatic heterocycles. The predicted molar refractivity (Wildman–Crippen MR) is 126 cm³/mol. The molecule has 176 valence electrons. The summed E-state index contributed by atoms with van der Waals surface area (Å²) in [4.78, 5) is 25.3. The normalized spacial score (nSPS) is 18.3. The second-order valence-corrected chi connectivity index (χ2v) is 9.82. The fourth-order valence-electron chi connectivity index (χ4n) is 3.55. The first-order valence-electron chi connectivity index (χ1n) is 9.68. The monoisotopic (exact) mass is 546 g/mol. The van der Waals surface area contributed by atoms with E-state index in [1.165, 1.54) is 6.07 Å². The highest BCUT2D eigenvalue weighted by Gasteiger charge is 2.67. The van der Waals surface area contributed by atoms with E-state index in [1.54, 1.807) is 18.2 Å². The number of halogens is 7. The third-order valence-electron chi connectivity index (χ3n) is 5.30. The standard InChI is InChI=1S/C23H13Cl4F3N2O2/c24-14-4-1-10(7-15(14)25)19-20(23(19,26)27)22(34)31-12-3-5-16(29)13(9-12)21(33)32-18-6-2-11(28)8-17(18)30/h1-9,19-20H,(H,31,34)(H,32,33)/t19-,20+/m0/s1. The summed E-state index contributed by atoms with van der Waals surface area (Å²) >= 11 is 24.6. The molecule has 2 amide bonds. The summed E-state index contributed by atoms with van der Waals surface area (Å²) < 4.78 is 39.7. The van der Waals surface area contributed by atoms with Crippen LogP contribution in [0, 0.1) is 23.4 Å². The Balaban J connectivity index is 1.51. The van der Waals surface area contributed by atoms with Crippen LogP contribution < -0.4 is 10.6 Å². The van der Waals surface area contributed by atoms with E-state index in [2.05, 4.69) is 10.6 Å². The molecule has 2 atom stereocenters. The third kappa shape index (κ3) is 4.84. The van der Waals surface area contributed by atoms with E-state index in [-0.39, 0.29) is 16.4 Å². The van der Waals surface area contributed by atoms with E-state index in [4.69, 9.17) is 46.4 Å². The minimum Gasteiger partial charge on any atom is -0.326 e. The van der Waals surface area contributed by atoms with Gasteiger partial charge in [-0.3, -0.25) is 9.59 Å². The average molecular weight is 548 g/mol. The molecule has 2 N–H and O–H groups in total. The maximum atomic E-state index is 14.3. The zero-order chi connectivity index (χ0) is 24.8. The molecule has 0 radical (unpaired) electrons. The van der Waals surface area contributed by atoms with Gasteiger partial charge in [-0.15, -0.1) is 23.2 Å². The summed E-state index contributed by atoms with van der Waals surface area (Å²) in [6.07, 6.45) is 0. The molecule has 1 aliphatic carbocycles. The maximum absolute atomic E-state index is 14.3. The lowest BCUT2D eigenvalue weighted by atomic mass is 10.1. The van der Waals surface area contributed by atoms with Gasteiger partial charge in [0.1, 0.15) is 21.8 Å². The first-order valence-corrected chi connectivity index (χ1v) is 11.2. The lowest BCUT2D eigenvalue weighted by molar-refractivity contribution is -0.117. The van der Waals surface area contributed by atoms with Crippen LogP contribution >= 0.6 is 46.4 Å². The molecule has 0 bridgehead atoms. The van der Waals surface area contributed by atoms with Gasteiger partial charge in [0, 0.05) is 17.7 Å². The van der Waals surface area contributed by atoms with Crippen molar-refractivity contribution in [3.8, 4) is 0 Å². The number of carbonyl (C=O) groups excluding carboxylic acids is 2. The van der Waals surface area contributed by atoms with E-state index in [0.717, 1.165) is 24.3 Å². The Morgan fingerprint density at radius 3 is 2.24 bits per heavy atom. The van der Waals surface area contributed by atoms with Crippen LogP contribution in [0.4, 0.5) is 24.5 Å². The van der Waals surface area contributed by atoms with Gasteiger partial charge >= 0.3 is 0 Å². The molecule has 3 aromatic rings. The molecule has 3 aromatic carbocycles. The summed E-state index contributed by atoms with van der Waals surface area (Å²) in [7, 11) is 0. The number of anilines is 2. The van der Waals surface area contributed by atoms with Crippen LogP contribution in [0.5, 0.6) is 0 Å². The quantitative estimate of drug-likeness (QED) is 0.332. The lowest BCUT2D eigenvalue weighted by Crippen LogP contribution is -2.19. The third-order valence-corrected chi connectivity index (χ3v) is 6.98. The summed E-state index contributed by atoms with van der Waals surface area (Å²) in [6.45, 7) is 0. The van der Waals surface area contributed by atoms with E-state index < -0.39 is 51.0 Å². The van der Waals surface area contributed by atoms with Crippen LogP contribution in [0.3, 0.4) is 0 Å². The van der Waals surface area contributed by atoms with Crippen molar-refractivity contribution in [2.24, 2.45) is 5.92 Å². The van der Waals surface area contributed by atoms with Gasteiger partial charge in [-0.1, -0.05) is 29.3 Å². The number of carbonyl (C=O) groups is 2. The van der Waals surface area contributed by atoms with Crippen LogP contribution in [0.2, 0.25) is 10.0 Å². The van der Waals surface area contributed by atoms with E-state index in [0.29, 0.717) is 16.7 Å². The van der Waals surface area contributed by atoms with Crippen molar-refractivity contribution in [2.75, 3.05) is 10.6 Å². The first kappa shape index (κ1) is 24.7. The van der Waals surface area contributed by atoms with Gasteiger partial charge in [0.15, 0.2) is 0 Å². The minimum absolute atomic E-state index is 0.0834. The van der Waals surface area contributed by atoms with Crippen LogP contribution in [-0.4, -0.2) is 16.1 Å². The number of nitrogens with one attached hydrogen (secondary N) is 2. The fraction of sp³-hybridized carbons (Fsp3) is 0.130. The van der Waals surface area contributed by atoms with Crippen LogP contribution in [0.25, 0.3) is 0 Å². The predicted octanol–water partition coefficient (Wildman–Crippen LogP) is 7.19. The Morgan fingerprint density at radius 2 is 1.56 bits per heavy atom. The Hall–Kier alpha value is -2.45. The highest BCUT2D eigenvalue weighted by Crippen LogP contribution is 2.65. The zero-order valence-electron chi connectivity index (χ0n) is 16.8. The number of rotatable bonds is 5. The van der Waals surface area contributed by atoms with Gasteiger partial charge in [0.2, 0.25) is 5.91 Å². The van der Waals surface area contributed by atoms with E-state index >= 15 is 0 Å². The molecule has 4 rings (SSSR count). The van der Waals surface area contributed by atoms with Crippen molar-refractivity contribution in [2.45, 2.75) is 10.3 Å². The largest absolute Gasteiger partial charge is 0.326 e. The molecule has 0 unspecified atom stereocenters. The molecule has 1 saturated carbocycles. The minimum atomic E-state index is -1.42. The van der Waals surface area contributed by atoms with Crippen molar-refractivity contribution < 1.29 is 22.8 Å². The van der Waals surface area contributed by atoms with Crippen molar-refractivity contribution in [3.05, 3.63) is 93.2 Å². The zero-order valence-corrected chi connectivity index (χ0v) is 19.8. The summed E-state index contributed by atoms with van der Waals surface area (Å²) in [6, 6.07) is 10.6. The number of benzene rings is 3. The van der Waals surface area contributed by atoms with Crippen LogP contribution in [0.1, 0.15) is 21.8 Å². The molecule has 0 spiro atoms. The van der Waals surface area contributed by atoms with Crippen molar-refractivity contribution in [1.82, 2.24) is 0 Å². The Kier molecular flexibility index (Phi) is 6.75. The molecule has 1 fully saturated rings. The topological polar surface area (TPSA) is 58.2 Å². The van der Waals surface area contributed by atoms with Crippen molar-refractivity contribution in [1.29, 1.82) is 0 Å². The summed E-state index contributed by atoms with van der Waals surface area (Å²) in [5.74, 6) is -5.77. The van der Waals surface area contributed by atoms with E-state index in [9.17, 15) is 22.8 Å². The molecular formula is C23H13Cl4F3N2O2. The molecule has 11 heteroatoms. The number of hydrogen-bond acceptors (Lipinski definition) is 2. The van der Waals surface area contributed by atoms with Crippen molar-refractivity contribution in [3.63, 3.8) is 0 Å². The van der Waals surface area contributed by atoms with Gasteiger partial charge in [0.05, 0.1) is 27.2 Å². The molecule has 34 heavy (non-hydrogen) atoms.